The van der Waals surface area contributed by atoms with E-state index in [1.165, 1.54) is 0 Å². The van der Waals surface area contributed by atoms with E-state index < -0.39 is 5.97 Å². The number of nitrogens with zero attached hydrogens (tertiary/aromatic N) is 4. The zero-order valence-corrected chi connectivity index (χ0v) is 12.0. The lowest BCUT2D eigenvalue weighted by atomic mass is 9.97. The Labute approximate surface area is 132 Å². The topological polar surface area (TPSA) is 91.8 Å². The van der Waals surface area contributed by atoms with Crippen LogP contribution in [0.4, 0.5) is 0 Å². The SMILES string of the molecule is N#Cc1ccc(C(c2ccc(C(=O)O)cc2)n2cnnc2)cc1. The summed E-state index contributed by atoms with van der Waals surface area (Å²) >= 11 is 0. The monoisotopic (exact) mass is 304 g/mol. The number of rotatable bonds is 4. The number of carboxylic acids is 1. The predicted octanol–water partition coefficient (Wildman–Crippen LogP) is 2.49. The number of carbonyl (C=O) groups is 1. The Morgan fingerprint density at radius 1 is 1.00 bits per heavy atom. The third kappa shape index (κ3) is 2.94. The average Bonchev–Trinajstić information content (AvgIpc) is 3.10. The van der Waals surface area contributed by atoms with Crippen LogP contribution in [0.1, 0.15) is 33.1 Å². The minimum Gasteiger partial charge on any atom is -0.478 e. The van der Waals surface area contributed by atoms with E-state index in [9.17, 15) is 4.79 Å². The Balaban J connectivity index is 2.05. The van der Waals surface area contributed by atoms with E-state index in [4.69, 9.17) is 10.4 Å². The summed E-state index contributed by atoms with van der Waals surface area (Å²) in [6.07, 6.45) is 3.21. The smallest absolute Gasteiger partial charge is 0.335 e. The van der Waals surface area contributed by atoms with Crippen LogP contribution < -0.4 is 0 Å². The molecule has 0 saturated carbocycles. The molecule has 1 heterocycles. The van der Waals surface area contributed by atoms with E-state index in [2.05, 4.69) is 16.3 Å². The molecule has 6 nitrogen and oxygen atoms in total. The van der Waals surface area contributed by atoms with Gasteiger partial charge >= 0.3 is 5.97 Å². The van der Waals surface area contributed by atoms with Gasteiger partial charge in [-0.15, -0.1) is 10.2 Å². The first-order chi connectivity index (χ1) is 11.2. The summed E-state index contributed by atoms with van der Waals surface area (Å²) in [7, 11) is 0. The molecule has 6 heteroatoms. The maximum absolute atomic E-state index is 11.0. The van der Waals surface area contributed by atoms with Crippen LogP contribution in [0.3, 0.4) is 0 Å². The summed E-state index contributed by atoms with van der Waals surface area (Å²) < 4.78 is 1.83. The molecule has 1 atom stereocenters. The maximum atomic E-state index is 11.0. The molecule has 0 aliphatic heterocycles. The van der Waals surface area contributed by atoms with Crippen LogP contribution in [0.2, 0.25) is 0 Å². The van der Waals surface area contributed by atoms with Crippen LogP contribution in [0.15, 0.2) is 61.2 Å². The van der Waals surface area contributed by atoms with Crippen molar-refractivity contribution in [3.63, 3.8) is 0 Å². The summed E-state index contributed by atoms with van der Waals surface area (Å²) in [6.45, 7) is 0. The second-order valence-electron chi connectivity index (χ2n) is 4.97. The van der Waals surface area contributed by atoms with Gasteiger partial charge < -0.3 is 9.67 Å². The van der Waals surface area contributed by atoms with Crippen molar-refractivity contribution in [3.8, 4) is 6.07 Å². The molecule has 3 rings (SSSR count). The highest BCUT2D eigenvalue weighted by molar-refractivity contribution is 5.87. The molecule has 1 unspecified atom stereocenters. The second-order valence-corrected chi connectivity index (χ2v) is 4.97. The molecule has 112 valence electrons. The van der Waals surface area contributed by atoms with Crippen molar-refractivity contribution in [2.45, 2.75) is 6.04 Å². The molecule has 0 aliphatic rings. The van der Waals surface area contributed by atoms with Crippen LogP contribution in [0.25, 0.3) is 0 Å². The fourth-order valence-corrected chi connectivity index (χ4v) is 2.43. The maximum Gasteiger partial charge on any atom is 0.335 e. The van der Waals surface area contributed by atoms with Crippen molar-refractivity contribution >= 4 is 5.97 Å². The number of aromatic carboxylic acids is 1. The van der Waals surface area contributed by atoms with Crippen molar-refractivity contribution in [3.05, 3.63) is 83.4 Å². The minimum absolute atomic E-state index is 0.194. The average molecular weight is 304 g/mol. The lowest BCUT2D eigenvalue weighted by Crippen LogP contribution is -2.11. The Bertz CT molecular complexity index is 847. The van der Waals surface area contributed by atoms with Gasteiger partial charge in [0.15, 0.2) is 0 Å². The number of hydrogen-bond acceptors (Lipinski definition) is 4. The predicted molar refractivity (Wildman–Crippen MR) is 81.8 cm³/mol. The molecule has 2 aromatic carbocycles. The first-order valence-electron chi connectivity index (χ1n) is 6.86. The lowest BCUT2D eigenvalue weighted by molar-refractivity contribution is 0.0697. The molecule has 0 spiro atoms. The van der Waals surface area contributed by atoms with E-state index in [1.807, 2.05) is 16.7 Å². The highest BCUT2D eigenvalue weighted by Crippen LogP contribution is 2.26. The van der Waals surface area contributed by atoms with Gasteiger partial charge in [0.2, 0.25) is 0 Å². The molecule has 0 amide bonds. The largest absolute Gasteiger partial charge is 0.478 e. The third-order valence-electron chi connectivity index (χ3n) is 3.56. The van der Waals surface area contributed by atoms with Gasteiger partial charge in [-0.3, -0.25) is 0 Å². The summed E-state index contributed by atoms with van der Waals surface area (Å²) in [5, 5.41) is 25.6. The highest BCUT2D eigenvalue weighted by atomic mass is 16.4. The van der Waals surface area contributed by atoms with Gasteiger partial charge in [0.05, 0.1) is 23.2 Å². The number of benzene rings is 2. The van der Waals surface area contributed by atoms with Gasteiger partial charge in [-0.1, -0.05) is 24.3 Å². The van der Waals surface area contributed by atoms with Gasteiger partial charge in [-0.2, -0.15) is 5.26 Å². The number of hydrogen-bond donors (Lipinski definition) is 1. The van der Waals surface area contributed by atoms with E-state index in [0.29, 0.717) is 5.56 Å². The Hall–Kier alpha value is -3.46. The minimum atomic E-state index is -0.962. The van der Waals surface area contributed by atoms with Crippen molar-refractivity contribution in [1.29, 1.82) is 5.26 Å². The molecular weight excluding hydrogens is 292 g/mol. The fraction of sp³-hybridized carbons (Fsp3) is 0.0588. The first-order valence-corrected chi connectivity index (χ1v) is 6.86. The standard InChI is InChI=1S/C17H12N4O2/c18-9-12-1-3-13(4-2-12)16(21-10-19-20-11-21)14-5-7-15(8-6-14)17(22)23/h1-8,10-11,16H,(H,22,23). The van der Waals surface area contributed by atoms with E-state index in [1.54, 1.807) is 49.1 Å². The number of carboxylic acid groups (broad SMARTS) is 1. The Kier molecular flexibility index (Phi) is 3.85. The molecular formula is C17H12N4O2. The second kappa shape index (κ2) is 6.12. The highest BCUT2D eigenvalue weighted by Gasteiger charge is 2.17. The fourth-order valence-electron chi connectivity index (χ4n) is 2.43. The molecule has 3 aromatic rings. The summed E-state index contributed by atoms with van der Waals surface area (Å²) in [5.74, 6) is -0.962. The van der Waals surface area contributed by atoms with Crippen molar-refractivity contribution in [1.82, 2.24) is 14.8 Å². The molecule has 0 radical (unpaired) electrons. The summed E-state index contributed by atoms with van der Waals surface area (Å²) in [4.78, 5) is 11.0. The van der Waals surface area contributed by atoms with Gasteiger partial charge in [0, 0.05) is 0 Å². The van der Waals surface area contributed by atoms with Crippen molar-refractivity contribution in [2.24, 2.45) is 0 Å². The molecule has 0 fully saturated rings. The third-order valence-corrected chi connectivity index (χ3v) is 3.56. The van der Waals surface area contributed by atoms with Crippen LogP contribution in [-0.4, -0.2) is 25.8 Å². The Morgan fingerprint density at radius 2 is 1.52 bits per heavy atom. The number of nitriles is 1. The molecule has 23 heavy (non-hydrogen) atoms. The normalized spacial score (nSPS) is 11.6. The number of aromatic nitrogens is 3. The summed E-state index contributed by atoms with van der Waals surface area (Å²) in [6, 6.07) is 15.8. The van der Waals surface area contributed by atoms with Crippen LogP contribution in [0, 0.1) is 11.3 Å². The van der Waals surface area contributed by atoms with Gasteiger partial charge in [0.25, 0.3) is 0 Å². The van der Waals surface area contributed by atoms with E-state index in [-0.39, 0.29) is 11.6 Å². The van der Waals surface area contributed by atoms with Gasteiger partial charge in [-0.25, -0.2) is 4.79 Å². The quantitative estimate of drug-likeness (QED) is 0.799. The van der Waals surface area contributed by atoms with E-state index in [0.717, 1.165) is 11.1 Å². The van der Waals surface area contributed by atoms with Gasteiger partial charge in [0.1, 0.15) is 12.7 Å². The zero-order valence-electron chi connectivity index (χ0n) is 12.0. The van der Waals surface area contributed by atoms with Crippen LogP contribution >= 0.6 is 0 Å². The van der Waals surface area contributed by atoms with Crippen LogP contribution in [0.5, 0.6) is 0 Å². The van der Waals surface area contributed by atoms with Crippen molar-refractivity contribution in [2.75, 3.05) is 0 Å². The molecule has 1 N–H and O–H groups in total. The molecule has 1 aromatic heterocycles. The lowest BCUT2D eigenvalue weighted by Gasteiger charge is -2.19. The first kappa shape index (κ1) is 14.5. The van der Waals surface area contributed by atoms with Gasteiger partial charge in [-0.05, 0) is 35.4 Å². The molecule has 0 bridgehead atoms. The molecule has 0 saturated heterocycles. The molecule has 0 aliphatic carbocycles. The van der Waals surface area contributed by atoms with E-state index >= 15 is 0 Å². The zero-order chi connectivity index (χ0) is 16.2. The van der Waals surface area contributed by atoms with Crippen molar-refractivity contribution < 1.29 is 9.90 Å². The summed E-state index contributed by atoms with van der Waals surface area (Å²) in [5.41, 5.74) is 2.67. The van der Waals surface area contributed by atoms with Crippen LogP contribution in [-0.2, 0) is 0 Å². The Morgan fingerprint density at radius 3 is 2.00 bits per heavy atom.